The molecule has 0 fully saturated rings. The minimum absolute atomic E-state index is 0.172. The first-order valence-electron chi connectivity index (χ1n) is 21.2. The third-order valence-corrected chi connectivity index (χ3v) is 13.7. The molecule has 4 aliphatic heterocycles. The van der Waals surface area contributed by atoms with Gasteiger partial charge in [0.2, 0.25) is 10.0 Å². The first-order valence-corrected chi connectivity index (χ1v) is 23.1. The summed E-state index contributed by atoms with van der Waals surface area (Å²) in [5, 5.41) is 20.4. The Morgan fingerprint density at radius 1 is 0.726 bits per heavy atom. The Bertz CT molecular complexity index is 2860. The molecule has 0 radical (unpaired) electrons. The van der Waals surface area contributed by atoms with Gasteiger partial charge in [-0.2, -0.15) is 4.31 Å². The van der Waals surface area contributed by atoms with Gasteiger partial charge in [0.1, 0.15) is 47.4 Å². The molecule has 10 rings (SSSR count). The van der Waals surface area contributed by atoms with Crippen molar-refractivity contribution in [2.75, 3.05) is 19.5 Å². The van der Waals surface area contributed by atoms with Crippen LogP contribution in [0.1, 0.15) is 85.6 Å². The Hall–Kier alpha value is -5.65. The van der Waals surface area contributed by atoms with E-state index in [0.29, 0.717) is 75.0 Å². The summed E-state index contributed by atoms with van der Waals surface area (Å²) >= 11 is 0. The minimum atomic E-state index is -3.31. The van der Waals surface area contributed by atoms with Gasteiger partial charge in [0.25, 0.3) is 0 Å². The Kier molecular flexibility index (Phi) is 11.4. The van der Waals surface area contributed by atoms with E-state index in [1.54, 1.807) is 31.0 Å². The molecule has 0 saturated carbocycles. The summed E-state index contributed by atoms with van der Waals surface area (Å²) in [4.78, 5) is 9.38. The number of benzene rings is 2. The van der Waals surface area contributed by atoms with Crippen molar-refractivity contribution in [2.45, 2.75) is 103 Å². The number of hydrogen-bond acceptors (Lipinski definition) is 11. The van der Waals surface area contributed by atoms with E-state index in [0.717, 1.165) is 75.0 Å². The number of rotatable bonds is 9. The van der Waals surface area contributed by atoms with E-state index in [1.165, 1.54) is 28.3 Å². The van der Waals surface area contributed by atoms with Crippen LogP contribution in [0.5, 0.6) is 11.5 Å². The summed E-state index contributed by atoms with van der Waals surface area (Å²) < 4.78 is 69.8. The molecular formula is C45H50F2N10O4S. The lowest BCUT2D eigenvalue weighted by Gasteiger charge is -2.36. The third kappa shape index (κ3) is 8.08. The fourth-order valence-corrected chi connectivity index (χ4v) is 11.1. The van der Waals surface area contributed by atoms with Crippen LogP contribution in [0.2, 0.25) is 0 Å². The second kappa shape index (κ2) is 16.9. The summed E-state index contributed by atoms with van der Waals surface area (Å²) in [6.07, 6.45) is 17.6. The van der Waals surface area contributed by atoms with Gasteiger partial charge in [0.15, 0.2) is 11.3 Å². The van der Waals surface area contributed by atoms with Crippen LogP contribution in [-0.4, -0.2) is 95.5 Å². The number of ether oxygens (including phenoxy) is 2. The van der Waals surface area contributed by atoms with E-state index in [1.807, 2.05) is 34.9 Å². The Balaban J connectivity index is 0.000000159. The summed E-state index contributed by atoms with van der Waals surface area (Å²) in [5.74, 6) is 2.75. The molecule has 0 aliphatic carbocycles. The number of aryl methyl sites for hydroxylation is 2. The van der Waals surface area contributed by atoms with Gasteiger partial charge >= 0.3 is 0 Å². The van der Waals surface area contributed by atoms with E-state index in [9.17, 15) is 17.2 Å². The van der Waals surface area contributed by atoms with Crippen molar-refractivity contribution in [1.29, 1.82) is 0 Å². The molecule has 4 atom stereocenters. The van der Waals surface area contributed by atoms with E-state index >= 15 is 0 Å². The molecule has 0 saturated heterocycles. The number of fused-ring (bicyclic) bond motifs is 4. The Morgan fingerprint density at radius 2 is 1.24 bits per heavy atom. The maximum absolute atomic E-state index is 14.5. The zero-order valence-corrected chi connectivity index (χ0v) is 36.3. The van der Waals surface area contributed by atoms with Gasteiger partial charge in [-0.05, 0) is 99.9 Å². The minimum Gasteiger partial charge on any atom is -0.493 e. The van der Waals surface area contributed by atoms with Crippen molar-refractivity contribution in [3.63, 3.8) is 0 Å². The van der Waals surface area contributed by atoms with Crippen molar-refractivity contribution in [3.05, 3.63) is 118 Å². The molecule has 324 valence electrons. The highest BCUT2D eigenvalue weighted by molar-refractivity contribution is 7.88. The summed E-state index contributed by atoms with van der Waals surface area (Å²) in [7, 11) is -3.31. The molecule has 62 heavy (non-hydrogen) atoms. The zero-order chi connectivity index (χ0) is 43.3. The van der Waals surface area contributed by atoms with Crippen molar-refractivity contribution >= 4 is 32.5 Å². The topological polar surface area (TPSA) is 154 Å². The van der Waals surface area contributed by atoms with Crippen LogP contribution in [0, 0.1) is 11.6 Å². The molecule has 1 N–H and O–H groups in total. The average Bonchev–Trinajstić information content (AvgIpc) is 4.07. The predicted octanol–water partition coefficient (Wildman–Crippen LogP) is 5.95. The lowest BCUT2D eigenvalue weighted by atomic mass is 9.94. The first-order chi connectivity index (χ1) is 29.8. The molecule has 4 aliphatic rings. The van der Waals surface area contributed by atoms with Gasteiger partial charge in [0.05, 0.1) is 19.5 Å². The van der Waals surface area contributed by atoms with Crippen LogP contribution in [0.15, 0.2) is 61.5 Å². The van der Waals surface area contributed by atoms with Crippen LogP contribution < -0.4 is 14.8 Å². The second-order valence-corrected chi connectivity index (χ2v) is 18.6. The fourth-order valence-electron chi connectivity index (χ4n) is 9.73. The van der Waals surface area contributed by atoms with Gasteiger partial charge in [-0.25, -0.2) is 27.2 Å². The summed E-state index contributed by atoms with van der Waals surface area (Å²) in [6.45, 7) is 9.31. The van der Waals surface area contributed by atoms with Gasteiger partial charge < -0.3 is 14.8 Å². The molecular weight excluding hydrogens is 815 g/mol. The molecule has 14 nitrogen and oxygen atoms in total. The number of aromatic nitrogens is 8. The van der Waals surface area contributed by atoms with Crippen molar-refractivity contribution in [1.82, 2.24) is 48.8 Å². The van der Waals surface area contributed by atoms with Crippen LogP contribution >= 0.6 is 0 Å². The lowest BCUT2D eigenvalue weighted by molar-refractivity contribution is 0.301. The van der Waals surface area contributed by atoms with Crippen LogP contribution in [0.3, 0.4) is 0 Å². The smallest absolute Gasteiger partial charge is 0.211 e. The van der Waals surface area contributed by atoms with E-state index in [-0.39, 0.29) is 23.7 Å². The average molecular weight is 865 g/mol. The number of sulfonamides is 1. The van der Waals surface area contributed by atoms with Gasteiger partial charge in [-0.15, -0.1) is 20.4 Å². The van der Waals surface area contributed by atoms with E-state index in [4.69, 9.17) is 14.5 Å². The molecule has 8 heterocycles. The molecule has 17 heteroatoms. The van der Waals surface area contributed by atoms with Crippen molar-refractivity contribution < 1.29 is 26.7 Å². The monoisotopic (exact) mass is 864 g/mol. The lowest BCUT2D eigenvalue weighted by Crippen LogP contribution is -2.45. The Morgan fingerprint density at radius 3 is 1.73 bits per heavy atom. The fraction of sp³-hybridized carbons (Fsp3) is 0.422. The Labute approximate surface area is 359 Å². The largest absolute Gasteiger partial charge is 0.493 e. The van der Waals surface area contributed by atoms with Gasteiger partial charge in [0, 0.05) is 84.5 Å². The summed E-state index contributed by atoms with van der Waals surface area (Å²) in [6, 6.07) is 6.63. The predicted molar refractivity (Wildman–Crippen MR) is 230 cm³/mol. The second-order valence-electron chi connectivity index (χ2n) is 16.8. The van der Waals surface area contributed by atoms with Gasteiger partial charge in [-0.3, -0.25) is 8.80 Å². The van der Waals surface area contributed by atoms with Crippen LogP contribution in [0.25, 0.3) is 22.4 Å². The molecule has 4 unspecified atom stereocenters. The number of nitrogens with one attached hydrogen (secondary N) is 1. The van der Waals surface area contributed by atoms with Crippen LogP contribution in [0.4, 0.5) is 8.78 Å². The SMILES string of the molecule is CC1C=C(c2cnc(CCc3c(F)ccc4c3CCO4)n3cnnc23)CC(C)N1.CC1C=C(c2cnc(CCc3c(F)ccc4c3CCO4)n3cnnc23)CC(C)N1S(C)(=O)=O. The van der Waals surface area contributed by atoms with E-state index in [2.05, 4.69) is 50.6 Å². The summed E-state index contributed by atoms with van der Waals surface area (Å²) in [5.41, 5.74) is 8.91. The standard InChI is InChI=1S/C23H26FN5O3S.C22H24FN5O/c1-14-10-16(11-15(2)29(14)33(3,30)31)19-12-25-22(28-13-26-27-23(19)28)7-4-17-18-8-9-32-21(18)6-5-20(17)24;1-13-9-15(10-14(2)26-13)18-11-24-21(28-12-25-27-22(18)28)6-3-16-17-7-8-29-20(17)5-4-19(16)23/h5-6,10,12-15H,4,7-9,11H2,1-3H3;4-5,9,11-14,26H,3,6-8,10H2,1-2H3. The first kappa shape index (κ1) is 41.7. The maximum atomic E-state index is 14.5. The molecule has 0 amide bonds. The molecule has 4 aromatic heterocycles. The zero-order valence-electron chi connectivity index (χ0n) is 35.5. The molecule has 6 aromatic rings. The maximum Gasteiger partial charge on any atom is 0.211 e. The third-order valence-electron chi connectivity index (χ3n) is 12.3. The van der Waals surface area contributed by atoms with Gasteiger partial charge in [-0.1, -0.05) is 12.2 Å². The highest BCUT2D eigenvalue weighted by Crippen LogP contribution is 2.35. The molecule has 0 spiro atoms. The van der Waals surface area contributed by atoms with Crippen molar-refractivity contribution in [3.8, 4) is 11.5 Å². The highest BCUT2D eigenvalue weighted by Gasteiger charge is 2.33. The molecule has 0 bridgehead atoms. The number of halogens is 2. The van der Waals surface area contributed by atoms with E-state index < -0.39 is 10.0 Å². The van der Waals surface area contributed by atoms with Crippen molar-refractivity contribution in [2.24, 2.45) is 0 Å². The normalized spacial score (nSPS) is 21.1. The quantitative estimate of drug-likeness (QED) is 0.184. The highest BCUT2D eigenvalue weighted by atomic mass is 32.2. The van der Waals surface area contributed by atoms with Crippen LogP contribution in [-0.2, 0) is 48.5 Å². The molecule has 2 aromatic carbocycles. The number of nitrogens with zero attached hydrogens (tertiary/aromatic N) is 9. The number of hydrogen-bond donors (Lipinski definition) is 1.